The Morgan fingerprint density at radius 1 is 1.08 bits per heavy atom. The molecule has 0 aliphatic carbocycles. The monoisotopic (exact) mass is 337 g/mol. The lowest BCUT2D eigenvalue weighted by Crippen LogP contribution is -2.61. The first-order valence-electron chi connectivity index (χ1n) is 8.05. The van der Waals surface area contributed by atoms with Gasteiger partial charge in [0.15, 0.2) is 0 Å². The summed E-state index contributed by atoms with van der Waals surface area (Å²) in [6.45, 7) is 5.22. The quantitative estimate of drug-likeness (QED) is 0.843. The maximum absolute atomic E-state index is 12.9. The van der Waals surface area contributed by atoms with Crippen molar-refractivity contribution in [2.75, 3.05) is 44.3 Å². The van der Waals surface area contributed by atoms with Crippen LogP contribution in [0.25, 0.3) is 10.9 Å². The predicted octanol–water partition coefficient (Wildman–Crippen LogP) is 2.77. The van der Waals surface area contributed by atoms with E-state index in [0.717, 1.165) is 62.6 Å². The normalized spacial score (nSPS) is 20.4. The number of benzene rings is 1. The number of ether oxygens (including phenoxy) is 1. The summed E-state index contributed by atoms with van der Waals surface area (Å²) in [6.07, 6.45) is -2.76. The van der Waals surface area contributed by atoms with Crippen molar-refractivity contribution in [2.24, 2.45) is 0 Å². The molecular formula is C17H18F3N3O. The lowest BCUT2D eigenvalue weighted by Gasteiger charge is -2.48. The van der Waals surface area contributed by atoms with Gasteiger partial charge in [-0.1, -0.05) is 6.07 Å². The van der Waals surface area contributed by atoms with Crippen molar-refractivity contribution >= 4 is 16.6 Å². The van der Waals surface area contributed by atoms with Gasteiger partial charge in [0, 0.05) is 49.5 Å². The molecule has 0 unspecified atom stereocenters. The highest BCUT2D eigenvalue weighted by molar-refractivity contribution is 5.92. The first-order chi connectivity index (χ1) is 11.5. The van der Waals surface area contributed by atoms with Crippen molar-refractivity contribution in [1.82, 2.24) is 9.88 Å². The molecule has 0 radical (unpaired) electrons. The largest absolute Gasteiger partial charge is 0.416 e. The van der Waals surface area contributed by atoms with Crippen LogP contribution in [0.3, 0.4) is 0 Å². The molecule has 0 bridgehead atoms. The highest BCUT2D eigenvalue weighted by atomic mass is 19.4. The molecule has 2 aliphatic rings. The van der Waals surface area contributed by atoms with E-state index in [1.165, 1.54) is 6.07 Å². The molecule has 0 saturated carbocycles. The van der Waals surface area contributed by atoms with Crippen LogP contribution in [0, 0.1) is 0 Å². The summed E-state index contributed by atoms with van der Waals surface area (Å²) in [6, 6.07) is 6.16. The lowest BCUT2D eigenvalue weighted by atomic mass is 10.0. The fourth-order valence-electron chi connectivity index (χ4n) is 3.41. The Hall–Kier alpha value is -1.86. The van der Waals surface area contributed by atoms with E-state index in [0.29, 0.717) is 11.6 Å². The van der Waals surface area contributed by atoms with Gasteiger partial charge in [-0.25, -0.2) is 0 Å². The van der Waals surface area contributed by atoms with Crippen molar-refractivity contribution in [3.05, 3.63) is 36.0 Å². The van der Waals surface area contributed by atoms with E-state index >= 15 is 0 Å². The van der Waals surface area contributed by atoms with Gasteiger partial charge in [-0.05, 0) is 18.2 Å². The molecule has 1 aromatic carbocycles. The van der Waals surface area contributed by atoms with Gasteiger partial charge in [-0.3, -0.25) is 9.88 Å². The minimum absolute atomic E-state index is 0.386. The Balaban J connectivity index is 1.55. The Morgan fingerprint density at radius 3 is 2.54 bits per heavy atom. The lowest BCUT2D eigenvalue weighted by molar-refractivity contribution is -0.137. The Bertz CT molecular complexity index is 737. The van der Waals surface area contributed by atoms with Crippen LogP contribution in [0.4, 0.5) is 18.9 Å². The number of rotatable bonds is 2. The number of pyridine rings is 1. The van der Waals surface area contributed by atoms with Crippen LogP contribution in [0.2, 0.25) is 0 Å². The summed E-state index contributed by atoms with van der Waals surface area (Å²) >= 11 is 0. The van der Waals surface area contributed by atoms with E-state index in [1.807, 2.05) is 6.07 Å². The molecule has 128 valence electrons. The molecule has 2 aromatic rings. The number of fused-ring (bicyclic) bond motifs is 1. The number of aromatic nitrogens is 1. The zero-order chi connectivity index (χ0) is 16.7. The molecule has 4 rings (SSSR count). The zero-order valence-electron chi connectivity index (χ0n) is 13.1. The molecular weight excluding hydrogens is 319 g/mol. The number of anilines is 1. The molecule has 7 heteroatoms. The predicted molar refractivity (Wildman–Crippen MR) is 85.1 cm³/mol. The molecule has 0 atom stereocenters. The van der Waals surface area contributed by atoms with Gasteiger partial charge in [0.1, 0.15) is 0 Å². The molecule has 3 heterocycles. The van der Waals surface area contributed by atoms with E-state index < -0.39 is 11.7 Å². The molecule has 1 aromatic heterocycles. The Kier molecular flexibility index (Phi) is 3.85. The fourth-order valence-corrected chi connectivity index (χ4v) is 3.41. The molecule has 2 aliphatic heterocycles. The van der Waals surface area contributed by atoms with Gasteiger partial charge in [-0.15, -0.1) is 0 Å². The minimum Gasteiger partial charge on any atom is -0.379 e. The third-order valence-corrected chi connectivity index (χ3v) is 4.81. The number of alkyl halides is 3. The number of morpholine rings is 1. The van der Waals surface area contributed by atoms with Gasteiger partial charge in [0.2, 0.25) is 0 Å². The van der Waals surface area contributed by atoms with E-state index in [2.05, 4.69) is 14.8 Å². The van der Waals surface area contributed by atoms with Crippen molar-refractivity contribution in [3.8, 4) is 0 Å². The molecule has 0 amide bonds. The zero-order valence-corrected chi connectivity index (χ0v) is 13.1. The van der Waals surface area contributed by atoms with E-state index in [1.54, 1.807) is 6.20 Å². The van der Waals surface area contributed by atoms with Crippen LogP contribution in [0.1, 0.15) is 5.56 Å². The van der Waals surface area contributed by atoms with Crippen molar-refractivity contribution in [1.29, 1.82) is 0 Å². The molecule has 2 fully saturated rings. The Labute approximate surface area is 137 Å². The average Bonchev–Trinajstić information content (AvgIpc) is 2.53. The topological polar surface area (TPSA) is 28.6 Å². The maximum atomic E-state index is 12.9. The number of nitrogens with zero attached hydrogens (tertiary/aromatic N) is 3. The van der Waals surface area contributed by atoms with Crippen molar-refractivity contribution < 1.29 is 17.9 Å². The number of hydrogen-bond donors (Lipinski definition) is 0. The average molecular weight is 337 g/mol. The molecule has 24 heavy (non-hydrogen) atoms. The molecule has 0 N–H and O–H groups in total. The number of hydrogen-bond acceptors (Lipinski definition) is 4. The van der Waals surface area contributed by atoms with Gasteiger partial charge in [-0.2, -0.15) is 13.2 Å². The Morgan fingerprint density at radius 2 is 1.83 bits per heavy atom. The smallest absolute Gasteiger partial charge is 0.379 e. The number of halogens is 3. The fraction of sp³-hybridized carbons (Fsp3) is 0.471. The molecule has 4 nitrogen and oxygen atoms in total. The first kappa shape index (κ1) is 15.7. The standard InChI is InChI=1S/C17H18F3N3O/c18-17(19,20)12-1-2-14-15(9-12)21-4-3-16(14)23-10-13(11-23)22-5-7-24-8-6-22/h1-4,9,13H,5-8,10-11H2. The van der Waals surface area contributed by atoms with Gasteiger partial charge >= 0.3 is 6.18 Å². The minimum atomic E-state index is -4.34. The van der Waals surface area contributed by atoms with Crippen LogP contribution in [0.5, 0.6) is 0 Å². The van der Waals surface area contributed by atoms with E-state index in [9.17, 15) is 13.2 Å². The van der Waals surface area contributed by atoms with E-state index in [4.69, 9.17) is 4.74 Å². The van der Waals surface area contributed by atoms with Crippen molar-refractivity contribution in [2.45, 2.75) is 12.2 Å². The van der Waals surface area contributed by atoms with Crippen LogP contribution in [-0.4, -0.2) is 55.3 Å². The summed E-state index contributed by atoms with van der Waals surface area (Å²) < 4.78 is 43.9. The third kappa shape index (κ3) is 2.82. The second-order valence-electron chi connectivity index (χ2n) is 6.27. The first-order valence-corrected chi connectivity index (χ1v) is 8.05. The summed E-state index contributed by atoms with van der Waals surface area (Å²) in [5.74, 6) is 0. The SMILES string of the molecule is FC(F)(F)c1ccc2c(N3CC(N4CCOCC4)C3)ccnc2c1. The molecule has 0 spiro atoms. The van der Waals surface area contributed by atoms with Crippen molar-refractivity contribution in [3.63, 3.8) is 0 Å². The maximum Gasteiger partial charge on any atom is 0.416 e. The van der Waals surface area contributed by atoms with Gasteiger partial charge in [0.25, 0.3) is 0 Å². The third-order valence-electron chi connectivity index (χ3n) is 4.81. The molecule has 2 saturated heterocycles. The van der Waals surface area contributed by atoms with E-state index in [-0.39, 0.29) is 0 Å². The van der Waals surface area contributed by atoms with Crippen LogP contribution < -0.4 is 4.90 Å². The van der Waals surface area contributed by atoms with Crippen LogP contribution >= 0.6 is 0 Å². The van der Waals surface area contributed by atoms with Gasteiger partial charge in [0.05, 0.1) is 24.3 Å². The summed E-state index contributed by atoms with van der Waals surface area (Å²) in [7, 11) is 0. The second-order valence-corrected chi connectivity index (χ2v) is 6.27. The van der Waals surface area contributed by atoms with Crippen LogP contribution in [0.15, 0.2) is 30.5 Å². The summed E-state index contributed by atoms with van der Waals surface area (Å²) in [5, 5.41) is 0.769. The summed E-state index contributed by atoms with van der Waals surface area (Å²) in [4.78, 5) is 8.74. The highest BCUT2D eigenvalue weighted by Crippen LogP contribution is 2.35. The highest BCUT2D eigenvalue weighted by Gasteiger charge is 2.34. The van der Waals surface area contributed by atoms with Crippen LogP contribution in [-0.2, 0) is 10.9 Å². The van der Waals surface area contributed by atoms with Gasteiger partial charge < -0.3 is 9.64 Å². The summed E-state index contributed by atoms with van der Waals surface area (Å²) in [5.41, 5.74) is 0.685. The second kappa shape index (κ2) is 5.89.